The van der Waals surface area contributed by atoms with Crippen LogP contribution in [0.4, 0.5) is 5.69 Å². The minimum atomic E-state index is -0.508. The van der Waals surface area contributed by atoms with Gasteiger partial charge in [0.2, 0.25) is 5.91 Å². The molecule has 5 nitrogen and oxygen atoms in total. The number of hydrogen-bond acceptors (Lipinski definition) is 3. The molecular formula is C20H16N2O3. The largest absolute Gasteiger partial charge is 0.457 e. The molecule has 0 fully saturated rings. The minimum Gasteiger partial charge on any atom is -0.457 e. The maximum absolute atomic E-state index is 12.3. The monoisotopic (exact) mass is 332 g/mol. The Morgan fingerprint density at radius 3 is 1.88 bits per heavy atom. The first-order valence-electron chi connectivity index (χ1n) is 7.66. The molecular weight excluding hydrogens is 316 g/mol. The Bertz CT molecular complexity index is 873. The van der Waals surface area contributed by atoms with E-state index in [1.165, 1.54) is 0 Å². The van der Waals surface area contributed by atoms with Gasteiger partial charge >= 0.3 is 0 Å². The molecule has 0 heterocycles. The summed E-state index contributed by atoms with van der Waals surface area (Å²) in [5, 5.41) is 2.76. The summed E-state index contributed by atoms with van der Waals surface area (Å²) < 4.78 is 5.69. The maximum Gasteiger partial charge on any atom is 0.255 e. The average Bonchev–Trinajstić information content (AvgIpc) is 2.63. The molecule has 0 aliphatic rings. The number of primary amides is 1. The Morgan fingerprint density at radius 2 is 1.28 bits per heavy atom. The molecule has 0 atom stereocenters. The quantitative estimate of drug-likeness (QED) is 0.745. The SMILES string of the molecule is NC(=O)c1ccc(NC(=O)c2ccc(Oc3ccccc3)cc2)cc1. The summed E-state index contributed by atoms with van der Waals surface area (Å²) in [6, 6.07) is 22.6. The molecule has 0 spiro atoms. The van der Waals surface area contributed by atoms with Crippen LogP contribution in [0.15, 0.2) is 78.9 Å². The van der Waals surface area contributed by atoms with E-state index in [0.29, 0.717) is 22.6 Å². The van der Waals surface area contributed by atoms with E-state index in [9.17, 15) is 9.59 Å². The molecule has 3 aromatic carbocycles. The lowest BCUT2D eigenvalue weighted by atomic mass is 10.1. The van der Waals surface area contributed by atoms with Gasteiger partial charge in [-0.1, -0.05) is 18.2 Å². The second-order valence-electron chi connectivity index (χ2n) is 5.34. The lowest BCUT2D eigenvalue weighted by Crippen LogP contribution is -2.13. The summed E-state index contributed by atoms with van der Waals surface area (Å²) in [7, 11) is 0. The van der Waals surface area contributed by atoms with Gasteiger partial charge in [0.05, 0.1) is 0 Å². The van der Waals surface area contributed by atoms with E-state index in [0.717, 1.165) is 5.75 Å². The van der Waals surface area contributed by atoms with E-state index < -0.39 is 5.91 Å². The Balaban J connectivity index is 1.65. The highest BCUT2D eigenvalue weighted by atomic mass is 16.5. The van der Waals surface area contributed by atoms with Gasteiger partial charge in [0.25, 0.3) is 5.91 Å². The number of para-hydroxylation sites is 1. The number of nitrogens with two attached hydrogens (primary N) is 1. The van der Waals surface area contributed by atoms with Gasteiger partial charge in [-0.15, -0.1) is 0 Å². The number of benzene rings is 3. The molecule has 0 saturated heterocycles. The van der Waals surface area contributed by atoms with E-state index in [4.69, 9.17) is 10.5 Å². The summed E-state index contributed by atoms with van der Waals surface area (Å²) >= 11 is 0. The lowest BCUT2D eigenvalue weighted by Gasteiger charge is -2.08. The van der Waals surface area contributed by atoms with Gasteiger partial charge in [-0.2, -0.15) is 0 Å². The number of amides is 2. The summed E-state index contributed by atoms with van der Waals surface area (Å²) in [6.07, 6.45) is 0. The Labute approximate surface area is 145 Å². The van der Waals surface area contributed by atoms with Crippen LogP contribution >= 0.6 is 0 Å². The normalized spacial score (nSPS) is 10.1. The Morgan fingerprint density at radius 1 is 0.720 bits per heavy atom. The fourth-order valence-electron chi connectivity index (χ4n) is 2.22. The summed E-state index contributed by atoms with van der Waals surface area (Å²) in [5.74, 6) is 0.618. The fourth-order valence-corrected chi connectivity index (χ4v) is 2.22. The van der Waals surface area contributed by atoms with Gasteiger partial charge in [0, 0.05) is 16.8 Å². The number of hydrogen-bond donors (Lipinski definition) is 2. The standard InChI is InChI=1S/C20H16N2O3/c21-19(23)14-6-10-16(11-7-14)22-20(24)15-8-12-18(13-9-15)25-17-4-2-1-3-5-17/h1-13H,(H2,21,23)(H,22,24). The van der Waals surface area contributed by atoms with Gasteiger partial charge in [-0.05, 0) is 60.7 Å². The van der Waals surface area contributed by atoms with E-state index in [-0.39, 0.29) is 5.91 Å². The topological polar surface area (TPSA) is 81.4 Å². The summed E-state index contributed by atoms with van der Waals surface area (Å²) in [5.41, 5.74) is 6.66. The summed E-state index contributed by atoms with van der Waals surface area (Å²) in [4.78, 5) is 23.3. The van der Waals surface area contributed by atoms with Crippen LogP contribution in [-0.2, 0) is 0 Å². The van der Waals surface area contributed by atoms with Crippen molar-refractivity contribution >= 4 is 17.5 Å². The molecule has 3 rings (SSSR count). The van der Waals surface area contributed by atoms with Crippen molar-refractivity contribution in [1.82, 2.24) is 0 Å². The average molecular weight is 332 g/mol. The maximum atomic E-state index is 12.3. The van der Waals surface area contributed by atoms with Crippen LogP contribution in [0, 0.1) is 0 Å². The molecule has 3 aromatic rings. The van der Waals surface area contributed by atoms with Crippen LogP contribution in [0.3, 0.4) is 0 Å². The smallest absolute Gasteiger partial charge is 0.255 e. The van der Waals surface area contributed by atoms with Crippen molar-refractivity contribution < 1.29 is 14.3 Å². The van der Waals surface area contributed by atoms with Crippen molar-refractivity contribution in [3.05, 3.63) is 90.0 Å². The molecule has 0 aliphatic carbocycles. The van der Waals surface area contributed by atoms with Gasteiger partial charge in [-0.25, -0.2) is 0 Å². The third-order valence-corrected chi connectivity index (χ3v) is 3.52. The highest BCUT2D eigenvalue weighted by Crippen LogP contribution is 2.21. The predicted molar refractivity (Wildman–Crippen MR) is 95.9 cm³/mol. The van der Waals surface area contributed by atoms with Gasteiger partial charge in [0.15, 0.2) is 0 Å². The van der Waals surface area contributed by atoms with Crippen LogP contribution in [-0.4, -0.2) is 11.8 Å². The number of ether oxygens (including phenoxy) is 1. The molecule has 0 unspecified atom stereocenters. The molecule has 0 aromatic heterocycles. The Hall–Kier alpha value is -3.60. The van der Waals surface area contributed by atoms with Gasteiger partial charge in [-0.3, -0.25) is 9.59 Å². The van der Waals surface area contributed by atoms with Crippen LogP contribution in [0.2, 0.25) is 0 Å². The predicted octanol–water partition coefficient (Wildman–Crippen LogP) is 3.83. The molecule has 124 valence electrons. The zero-order valence-electron chi connectivity index (χ0n) is 13.3. The van der Waals surface area contributed by atoms with Crippen molar-refractivity contribution in [3.63, 3.8) is 0 Å². The molecule has 3 N–H and O–H groups in total. The lowest BCUT2D eigenvalue weighted by molar-refractivity contribution is 0.0998. The van der Waals surface area contributed by atoms with Crippen molar-refractivity contribution in [3.8, 4) is 11.5 Å². The van der Waals surface area contributed by atoms with Crippen LogP contribution in [0.5, 0.6) is 11.5 Å². The molecule has 0 saturated carbocycles. The highest BCUT2D eigenvalue weighted by Gasteiger charge is 2.07. The second kappa shape index (κ2) is 7.31. The van der Waals surface area contributed by atoms with Crippen molar-refractivity contribution in [2.24, 2.45) is 5.73 Å². The third-order valence-electron chi connectivity index (χ3n) is 3.52. The number of nitrogens with one attached hydrogen (secondary N) is 1. The number of rotatable bonds is 5. The van der Waals surface area contributed by atoms with Crippen molar-refractivity contribution in [1.29, 1.82) is 0 Å². The fraction of sp³-hybridized carbons (Fsp3) is 0. The summed E-state index contributed by atoms with van der Waals surface area (Å²) in [6.45, 7) is 0. The second-order valence-corrected chi connectivity index (χ2v) is 5.34. The van der Waals surface area contributed by atoms with Crippen LogP contribution in [0.25, 0.3) is 0 Å². The van der Waals surface area contributed by atoms with E-state index in [2.05, 4.69) is 5.32 Å². The van der Waals surface area contributed by atoms with E-state index in [1.807, 2.05) is 30.3 Å². The van der Waals surface area contributed by atoms with Crippen molar-refractivity contribution in [2.45, 2.75) is 0 Å². The minimum absolute atomic E-state index is 0.252. The first-order valence-corrected chi connectivity index (χ1v) is 7.66. The molecule has 5 heteroatoms. The molecule has 0 radical (unpaired) electrons. The van der Waals surface area contributed by atoms with Crippen LogP contribution < -0.4 is 15.8 Å². The third kappa shape index (κ3) is 4.23. The Kier molecular flexibility index (Phi) is 4.76. The number of carbonyl (C=O) groups is 2. The van der Waals surface area contributed by atoms with E-state index in [1.54, 1.807) is 48.5 Å². The van der Waals surface area contributed by atoms with Crippen molar-refractivity contribution in [2.75, 3.05) is 5.32 Å². The molecule has 25 heavy (non-hydrogen) atoms. The first-order chi connectivity index (χ1) is 12.1. The van der Waals surface area contributed by atoms with E-state index >= 15 is 0 Å². The highest BCUT2D eigenvalue weighted by molar-refractivity contribution is 6.04. The molecule has 0 bridgehead atoms. The zero-order valence-corrected chi connectivity index (χ0v) is 13.3. The molecule has 2 amide bonds. The number of carbonyl (C=O) groups excluding carboxylic acids is 2. The van der Waals surface area contributed by atoms with Gasteiger partial charge < -0.3 is 15.8 Å². The number of anilines is 1. The van der Waals surface area contributed by atoms with Gasteiger partial charge in [0.1, 0.15) is 11.5 Å². The van der Waals surface area contributed by atoms with Crippen LogP contribution in [0.1, 0.15) is 20.7 Å². The first kappa shape index (κ1) is 16.3. The molecule has 0 aliphatic heterocycles. The zero-order chi connectivity index (χ0) is 17.6.